The summed E-state index contributed by atoms with van der Waals surface area (Å²) < 4.78 is 45.3. The van der Waals surface area contributed by atoms with E-state index in [2.05, 4.69) is 66.8 Å². The molecule has 3 unspecified atom stereocenters. The molecule has 3 aromatic carbocycles. The quantitative estimate of drug-likeness (QED) is 0.189. The van der Waals surface area contributed by atoms with Crippen LogP contribution in [0.3, 0.4) is 0 Å². The number of fused-ring (bicyclic) bond motifs is 3. The molecule has 2 bridgehead atoms. The molecule has 2 aliphatic heterocycles. The Morgan fingerprint density at radius 3 is 2.32 bits per heavy atom. The van der Waals surface area contributed by atoms with Crippen molar-refractivity contribution in [3.63, 3.8) is 0 Å². The van der Waals surface area contributed by atoms with Gasteiger partial charge in [0.05, 0.1) is 23.6 Å². The van der Waals surface area contributed by atoms with E-state index in [-0.39, 0.29) is 47.1 Å². The summed E-state index contributed by atoms with van der Waals surface area (Å²) in [6, 6.07) is 25.9. The molecule has 59 heavy (non-hydrogen) atoms. The van der Waals surface area contributed by atoms with Gasteiger partial charge in [0.2, 0.25) is 10.0 Å². The van der Waals surface area contributed by atoms with Gasteiger partial charge in [0.25, 0.3) is 14.2 Å². The molecular weight excluding hydrogens is 796 g/mol. The minimum absolute atomic E-state index is 0.0906. The lowest BCUT2D eigenvalue weighted by Gasteiger charge is -2.45. The summed E-state index contributed by atoms with van der Waals surface area (Å²) in [4.78, 5) is 16.4. The number of rotatable bonds is 6. The molecule has 0 saturated heterocycles. The second kappa shape index (κ2) is 18.5. The van der Waals surface area contributed by atoms with Gasteiger partial charge in [-0.15, -0.1) is 0 Å². The van der Waals surface area contributed by atoms with Crippen molar-refractivity contribution >= 4 is 51.9 Å². The highest BCUT2D eigenvalue weighted by Crippen LogP contribution is 2.42. The van der Waals surface area contributed by atoms with Gasteiger partial charge in [0.15, 0.2) is 0 Å². The monoisotopic (exact) mass is 856 g/mol. The highest BCUT2D eigenvalue weighted by molar-refractivity contribution is 7.90. The summed E-state index contributed by atoms with van der Waals surface area (Å²) in [7, 11) is -7.19. The van der Waals surface area contributed by atoms with Crippen LogP contribution in [0.2, 0.25) is 5.04 Å². The Labute approximate surface area is 357 Å². The van der Waals surface area contributed by atoms with Crippen molar-refractivity contribution in [2.45, 2.75) is 102 Å². The number of benzene rings is 3. The molecular formula is C48H61ClN2O6SSi. The lowest BCUT2D eigenvalue weighted by atomic mass is 9.70. The number of nitrogens with zero attached hydrogens (tertiary/aromatic N) is 1. The number of aliphatic hydroxyl groups excluding tert-OH is 1. The van der Waals surface area contributed by atoms with Gasteiger partial charge in [-0.25, -0.2) is 13.1 Å². The van der Waals surface area contributed by atoms with Crippen LogP contribution < -0.4 is 24.7 Å². The van der Waals surface area contributed by atoms with Crippen LogP contribution in [0.15, 0.2) is 114 Å². The minimum Gasteiger partial charge on any atom is -0.491 e. The predicted octanol–water partition coefficient (Wildman–Crippen LogP) is 8.50. The van der Waals surface area contributed by atoms with Gasteiger partial charge >= 0.3 is 0 Å². The molecule has 1 fully saturated rings. The second-order valence-corrected chi connectivity index (χ2v) is 24.7. The first kappa shape index (κ1) is 43.4. The first-order chi connectivity index (χ1) is 28.2. The molecule has 4 aliphatic rings. The first-order valence-electron chi connectivity index (χ1n) is 21.5. The highest BCUT2D eigenvalue weighted by Gasteiger charge is 2.51. The van der Waals surface area contributed by atoms with Crippen molar-refractivity contribution in [2.24, 2.45) is 23.7 Å². The molecule has 2 N–H and O–H groups in total. The summed E-state index contributed by atoms with van der Waals surface area (Å²) in [5, 5.41) is 13.2. The number of sulfonamides is 1. The number of anilines is 1. The third-order valence-corrected chi connectivity index (χ3v) is 20.2. The smallest absolute Gasteiger partial charge is 0.264 e. The fourth-order valence-corrected chi connectivity index (χ4v) is 16.2. The molecule has 1 saturated carbocycles. The van der Waals surface area contributed by atoms with Crippen molar-refractivity contribution < 1.29 is 27.5 Å². The summed E-state index contributed by atoms with van der Waals surface area (Å²) in [5.41, 5.74) is 1.03. The van der Waals surface area contributed by atoms with Crippen molar-refractivity contribution in [1.29, 1.82) is 0 Å². The maximum atomic E-state index is 14.5. The average molecular weight is 858 g/mol. The van der Waals surface area contributed by atoms with Gasteiger partial charge in [-0.2, -0.15) is 0 Å². The van der Waals surface area contributed by atoms with Crippen LogP contribution in [0.5, 0.6) is 5.75 Å². The third kappa shape index (κ3) is 9.78. The summed E-state index contributed by atoms with van der Waals surface area (Å²) in [5.74, 6) is 0.778. The molecule has 0 aromatic heterocycles. The Morgan fingerprint density at radius 2 is 1.66 bits per heavy atom. The largest absolute Gasteiger partial charge is 0.491 e. The molecule has 0 radical (unpaired) electrons. The van der Waals surface area contributed by atoms with Crippen LogP contribution >= 0.6 is 11.6 Å². The number of allylic oxidation sites excluding steroid dienone is 4. The summed E-state index contributed by atoms with van der Waals surface area (Å²) in [6.45, 7) is 10.5. The van der Waals surface area contributed by atoms with E-state index < -0.39 is 41.7 Å². The maximum Gasteiger partial charge on any atom is 0.264 e. The zero-order valence-corrected chi connectivity index (χ0v) is 37.5. The van der Waals surface area contributed by atoms with Crippen LogP contribution in [0.25, 0.3) is 0 Å². The number of ether oxygens (including phenoxy) is 1. The van der Waals surface area contributed by atoms with E-state index in [9.17, 15) is 18.3 Å². The standard InChI is InChI=1S/C48H61ClN2O6SSi/c1-34(57-59(48(2,3)4,41-17-7-5-8-18-41)42-19-9-6-10-20-42)29-40-16-11-12-21-45(52)43-26-23-37(43)32-51-28-14-13-15-35-30-39(49)25-22-38(35)33-56-46-27-24-36(31-44(46)51)47(53)50-58(40,54)55/h5-10,12,17-22,24-25,27,30-31,34-35,37-38,40,43,45,52H,11,13-16,23,26,28-29,32-33H2,1-4H3,(H,50,53)/b21-12+/t34-,35?,37+,38?,40+,43-,45?/m1/s1. The minimum atomic E-state index is -4.20. The number of hydrogen-bond donors (Lipinski definition) is 2. The van der Waals surface area contributed by atoms with Gasteiger partial charge in [0, 0.05) is 35.7 Å². The van der Waals surface area contributed by atoms with Crippen LogP contribution in [0.1, 0.15) is 89.4 Å². The van der Waals surface area contributed by atoms with E-state index in [0.717, 1.165) is 59.7 Å². The Hall–Kier alpha value is -3.67. The molecule has 7 atom stereocenters. The van der Waals surface area contributed by atoms with Crippen molar-refractivity contribution in [2.75, 3.05) is 24.6 Å². The Balaban J connectivity index is 1.21. The van der Waals surface area contributed by atoms with E-state index in [1.165, 1.54) is 0 Å². The number of carbonyl (C=O) groups is 1. The number of amides is 1. The van der Waals surface area contributed by atoms with Crippen LogP contribution in [0.4, 0.5) is 5.69 Å². The Morgan fingerprint density at radius 1 is 0.949 bits per heavy atom. The SMILES string of the molecule is C[C@H](C[C@@H]1CC/C=C/C(O)[C@@H]2CC[C@H]2CN2CCCCC3C=C(Cl)C=CC3COc3ccc(cc32)C(=O)NS1(=O)=O)O[Si](c1ccccc1)(c1ccccc1)C(C)(C)C. The van der Waals surface area contributed by atoms with Gasteiger partial charge in [0.1, 0.15) is 5.75 Å². The van der Waals surface area contributed by atoms with Crippen molar-refractivity contribution in [1.82, 2.24) is 4.72 Å². The van der Waals surface area contributed by atoms with Gasteiger partial charge < -0.3 is 19.2 Å². The van der Waals surface area contributed by atoms with E-state index >= 15 is 0 Å². The topological polar surface area (TPSA) is 105 Å². The van der Waals surface area contributed by atoms with E-state index in [0.29, 0.717) is 25.3 Å². The molecule has 3 aromatic rings. The number of aliphatic hydroxyl groups is 1. The van der Waals surface area contributed by atoms with Gasteiger partial charge in [-0.05, 0) is 109 Å². The lowest BCUT2D eigenvalue weighted by Crippen LogP contribution is -2.67. The van der Waals surface area contributed by atoms with E-state index in [1.807, 2.05) is 67.6 Å². The fourth-order valence-electron chi connectivity index (χ4n) is 9.72. The molecule has 11 heteroatoms. The lowest BCUT2D eigenvalue weighted by molar-refractivity contribution is 0.0461. The third-order valence-electron chi connectivity index (χ3n) is 13.1. The second-order valence-electron chi connectivity index (χ2n) is 18.1. The molecule has 0 spiro atoms. The van der Waals surface area contributed by atoms with E-state index in [1.54, 1.807) is 12.1 Å². The van der Waals surface area contributed by atoms with Crippen molar-refractivity contribution in [3.8, 4) is 5.75 Å². The number of halogens is 1. The molecule has 2 aliphatic carbocycles. The molecule has 7 rings (SSSR count). The predicted molar refractivity (Wildman–Crippen MR) is 242 cm³/mol. The van der Waals surface area contributed by atoms with Gasteiger partial charge in [-0.1, -0.05) is 124 Å². The van der Waals surface area contributed by atoms with Crippen LogP contribution in [-0.2, 0) is 14.4 Å². The zero-order valence-electron chi connectivity index (χ0n) is 34.9. The van der Waals surface area contributed by atoms with Crippen LogP contribution in [0, 0.1) is 23.7 Å². The van der Waals surface area contributed by atoms with Gasteiger partial charge in [-0.3, -0.25) is 4.79 Å². The summed E-state index contributed by atoms with van der Waals surface area (Å²) in [6.07, 6.45) is 14.6. The normalized spacial score (nSPS) is 27.6. The zero-order chi connectivity index (χ0) is 41.8. The van der Waals surface area contributed by atoms with Crippen LogP contribution in [-0.4, -0.2) is 64.9 Å². The fraction of sp³-hybridized carbons (Fsp3) is 0.479. The number of nitrogens with one attached hydrogen (secondary N) is 1. The highest BCUT2D eigenvalue weighted by atomic mass is 35.5. The Kier molecular flexibility index (Phi) is 13.6. The first-order valence-corrected chi connectivity index (χ1v) is 25.4. The molecule has 8 nitrogen and oxygen atoms in total. The van der Waals surface area contributed by atoms with Crippen molar-refractivity contribution in [3.05, 3.63) is 120 Å². The molecule has 316 valence electrons. The average Bonchev–Trinajstić information content (AvgIpc) is 3.22. The molecule has 2 heterocycles. The number of carbonyl (C=O) groups excluding carboxylic acids is 1. The summed E-state index contributed by atoms with van der Waals surface area (Å²) >= 11 is 6.42. The molecule has 1 amide bonds. The maximum absolute atomic E-state index is 14.5. The van der Waals surface area contributed by atoms with E-state index in [4.69, 9.17) is 20.8 Å². The number of hydrogen-bond acceptors (Lipinski definition) is 7. The Bertz CT molecular complexity index is 2080.